The van der Waals surface area contributed by atoms with Crippen molar-refractivity contribution in [1.29, 1.82) is 0 Å². The molecule has 2 fully saturated rings. The van der Waals surface area contributed by atoms with Crippen molar-refractivity contribution in [2.24, 2.45) is 0 Å². The number of anilines is 1. The highest BCUT2D eigenvalue weighted by molar-refractivity contribution is 5.92. The number of nitrogens with zero attached hydrogens (tertiary/aromatic N) is 5. The van der Waals surface area contributed by atoms with Gasteiger partial charge in [0, 0.05) is 44.9 Å². The van der Waals surface area contributed by atoms with Crippen molar-refractivity contribution in [3.05, 3.63) is 29.7 Å². The Labute approximate surface area is 197 Å². The molecule has 0 aliphatic carbocycles. The van der Waals surface area contributed by atoms with E-state index >= 15 is 0 Å². The van der Waals surface area contributed by atoms with Crippen molar-refractivity contribution < 1.29 is 19.0 Å². The number of pyridine rings is 1. The second kappa shape index (κ2) is 9.80. The molecule has 1 amide bonds. The Morgan fingerprint density at radius 2 is 2.15 bits per heavy atom. The zero-order valence-electron chi connectivity index (χ0n) is 19.4. The van der Waals surface area contributed by atoms with Gasteiger partial charge < -0.3 is 24.4 Å². The van der Waals surface area contributed by atoms with Gasteiger partial charge in [-0.05, 0) is 31.7 Å². The van der Waals surface area contributed by atoms with E-state index in [1.807, 2.05) is 6.07 Å². The Hall–Kier alpha value is -3.47. The second-order valence-corrected chi connectivity index (χ2v) is 8.53. The molecule has 0 bridgehead atoms. The molecule has 0 unspecified atom stereocenters. The van der Waals surface area contributed by atoms with Crippen LogP contribution in [0.25, 0.3) is 11.0 Å². The molecule has 0 saturated carbocycles. The van der Waals surface area contributed by atoms with Crippen molar-refractivity contribution in [2.75, 3.05) is 45.4 Å². The van der Waals surface area contributed by atoms with E-state index in [1.54, 1.807) is 26.4 Å². The number of methoxy groups -OCH3 is 1. The van der Waals surface area contributed by atoms with Gasteiger partial charge in [0.05, 0.1) is 24.3 Å². The fourth-order valence-corrected chi connectivity index (χ4v) is 4.62. The minimum atomic E-state index is -0.275. The van der Waals surface area contributed by atoms with Crippen molar-refractivity contribution in [3.8, 4) is 11.8 Å². The first-order valence-electron chi connectivity index (χ1n) is 11.6. The lowest BCUT2D eigenvalue weighted by Crippen LogP contribution is -2.34. The predicted molar refractivity (Wildman–Crippen MR) is 125 cm³/mol. The van der Waals surface area contributed by atoms with Crippen LogP contribution in [0.1, 0.15) is 47.8 Å². The molecule has 1 atom stereocenters. The van der Waals surface area contributed by atoms with Gasteiger partial charge >= 0.3 is 6.01 Å². The first-order chi connectivity index (χ1) is 16.7. The third-order valence-corrected chi connectivity index (χ3v) is 6.45. The Bertz CT molecular complexity index is 1150. The fraction of sp³-hybridized carbons (Fsp3) is 0.522. The average Bonchev–Trinajstić information content (AvgIpc) is 3.57. The summed E-state index contributed by atoms with van der Waals surface area (Å²) in [5.41, 5.74) is 2.00. The first-order valence-corrected chi connectivity index (χ1v) is 11.6. The number of piperidine rings is 1. The number of aromatic nitrogens is 5. The highest BCUT2D eigenvalue weighted by atomic mass is 16.5. The van der Waals surface area contributed by atoms with Gasteiger partial charge in [-0.2, -0.15) is 15.1 Å². The number of rotatable bonds is 7. The van der Waals surface area contributed by atoms with Crippen LogP contribution in [-0.2, 0) is 4.74 Å². The van der Waals surface area contributed by atoms with Crippen LogP contribution in [0.15, 0.2) is 18.3 Å². The SMILES string of the molecule is CNC(=O)c1cc(N2CCC(c3n[nH]c4nccc(OC)c34)CC2)nc(OC[C@@H]2CCCO2)n1. The minimum absolute atomic E-state index is 0.0432. The molecule has 180 valence electrons. The molecule has 0 spiro atoms. The molecular weight excluding hydrogens is 438 g/mol. The second-order valence-electron chi connectivity index (χ2n) is 8.53. The molecule has 5 rings (SSSR count). The lowest BCUT2D eigenvalue weighted by Gasteiger charge is -2.32. The third kappa shape index (κ3) is 4.47. The van der Waals surface area contributed by atoms with Gasteiger partial charge in [-0.1, -0.05) is 0 Å². The monoisotopic (exact) mass is 467 g/mol. The summed E-state index contributed by atoms with van der Waals surface area (Å²) < 4.78 is 17.0. The maximum Gasteiger partial charge on any atom is 0.319 e. The number of hydrogen-bond donors (Lipinski definition) is 2. The number of carbonyl (C=O) groups excluding carboxylic acids is 1. The minimum Gasteiger partial charge on any atom is -0.496 e. The van der Waals surface area contributed by atoms with Crippen molar-refractivity contribution in [1.82, 2.24) is 30.5 Å². The number of H-pyrrole nitrogens is 1. The third-order valence-electron chi connectivity index (χ3n) is 6.45. The normalized spacial score (nSPS) is 18.9. The largest absolute Gasteiger partial charge is 0.496 e. The van der Waals surface area contributed by atoms with Gasteiger partial charge in [-0.3, -0.25) is 9.89 Å². The molecule has 3 aromatic heterocycles. The molecule has 2 saturated heterocycles. The molecule has 2 aliphatic rings. The van der Waals surface area contributed by atoms with Gasteiger partial charge in [0.25, 0.3) is 5.91 Å². The van der Waals surface area contributed by atoms with Crippen molar-refractivity contribution in [3.63, 3.8) is 0 Å². The van der Waals surface area contributed by atoms with E-state index in [0.29, 0.717) is 12.4 Å². The van der Waals surface area contributed by atoms with Crippen LogP contribution < -0.4 is 19.7 Å². The van der Waals surface area contributed by atoms with E-state index in [9.17, 15) is 4.79 Å². The molecule has 34 heavy (non-hydrogen) atoms. The summed E-state index contributed by atoms with van der Waals surface area (Å²) >= 11 is 0. The van der Waals surface area contributed by atoms with E-state index in [1.165, 1.54) is 0 Å². The number of carbonyl (C=O) groups is 1. The van der Waals surface area contributed by atoms with E-state index in [0.717, 1.165) is 67.9 Å². The highest BCUT2D eigenvalue weighted by Crippen LogP contribution is 2.36. The van der Waals surface area contributed by atoms with Crippen LogP contribution in [0.5, 0.6) is 11.8 Å². The number of fused-ring (bicyclic) bond motifs is 1. The summed E-state index contributed by atoms with van der Waals surface area (Å²) in [6.45, 7) is 2.65. The molecule has 2 aliphatic heterocycles. The van der Waals surface area contributed by atoms with Crippen LogP contribution in [0.2, 0.25) is 0 Å². The highest BCUT2D eigenvalue weighted by Gasteiger charge is 2.27. The number of ether oxygens (including phenoxy) is 3. The molecule has 2 N–H and O–H groups in total. The number of hydrogen-bond acceptors (Lipinski definition) is 9. The van der Waals surface area contributed by atoms with E-state index in [-0.39, 0.29) is 29.6 Å². The molecular formula is C23H29N7O4. The van der Waals surface area contributed by atoms with Gasteiger partial charge in [0.15, 0.2) is 5.65 Å². The van der Waals surface area contributed by atoms with Gasteiger partial charge in [-0.15, -0.1) is 0 Å². The molecule has 3 aromatic rings. The van der Waals surface area contributed by atoms with Gasteiger partial charge in [-0.25, -0.2) is 4.98 Å². The average molecular weight is 468 g/mol. The molecule has 11 heteroatoms. The molecule has 11 nitrogen and oxygen atoms in total. The standard InChI is InChI=1S/C23H29N7O4/c1-24-22(31)16-12-18(27-23(26-16)34-13-15-4-3-11-33-15)30-9-6-14(7-10-30)20-19-17(32-2)5-8-25-21(19)29-28-20/h5,8,12,14-15H,3-4,6-7,9-11,13H2,1-2H3,(H,24,31)(H,25,28,29)/t15-/m0/s1. The molecule has 0 aromatic carbocycles. The predicted octanol–water partition coefficient (Wildman–Crippen LogP) is 2.06. The summed E-state index contributed by atoms with van der Waals surface area (Å²) in [5.74, 6) is 1.44. The summed E-state index contributed by atoms with van der Waals surface area (Å²) in [7, 11) is 3.24. The summed E-state index contributed by atoms with van der Waals surface area (Å²) in [4.78, 5) is 27.8. The van der Waals surface area contributed by atoms with Crippen LogP contribution >= 0.6 is 0 Å². The van der Waals surface area contributed by atoms with E-state index in [4.69, 9.17) is 14.2 Å². The summed E-state index contributed by atoms with van der Waals surface area (Å²) in [5, 5.41) is 11.2. The lowest BCUT2D eigenvalue weighted by molar-refractivity contribution is 0.0644. The van der Waals surface area contributed by atoms with Crippen molar-refractivity contribution >= 4 is 22.8 Å². The Kier molecular flexibility index (Phi) is 6.43. The van der Waals surface area contributed by atoms with Gasteiger partial charge in [0.2, 0.25) is 0 Å². The Balaban J connectivity index is 1.32. The van der Waals surface area contributed by atoms with E-state index < -0.39 is 0 Å². The zero-order valence-corrected chi connectivity index (χ0v) is 19.4. The lowest BCUT2D eigenvalue weighted by atomic mass is 9.92. The van der Waals surface area contributed by atoms with Crippen LogP contribution in [-0.4, -0.2) is 77.6 Å². The quantitative estimate of drug-likeness (QED) is 0.537. The maximum atomic E-state index is 12.3. The topological polar surface area (TPSA) is 127 Å². The Morgan fingerprint density at radius 3 is 2.88 bits per heavy atom. The van der Waals surface area contributed by atoms with Gasteiger partial charge in [0.1, 0.15) is 23.9 Å². The van der Waals surface area contributed by atoms with Crippen LogP contribution in [0.3, 0.4) is 0 Å². The molecule has 5 heterocycles. The van der Waals surface area contributed by atoms with Crippen LogP contribution in [0, 0.1) is 0 Å². The smallest absolute Gasteiger partial charge is 0.319 e. The van der Waals surface area contributed by atoms with Crippen molar-refractivity contribution in [2.45, 2.75) is 37.7 Å². The first kappa shape index (κ1) is 22.3. The number of aromatic amines is 1. The summed E-state index contributed by atoms with van der Waals surface area (Å²) in [6, 6.07) is 3.77. The maximum absolute atomic E-state index is 12.3. The zero-order chi connectivity index (χ0) is 23.5. The Morgan fingerprint density at radius 1 is 1.29 bits per heavy atom. The van der Waals surface area contributed by atoms with E-state index in [2.05, 4.69) is 35.4 Å². The number of nitrogens with one attached hydrogen (secondary N) is 2. The fourth-order valence-electron chi connectivity index (χ4n) is 4.62. The molecule has 0 radical (unpaired) electrons. The summed E-state index contributed by atoms with van der Waals surface area (Å²) in [6.07, 6.45) is 5.50. The van der Waals surface area contributed by atoms with Crippen LogP contribution in [0.4, 0.5) is 5.82 Å². The number of amides is 1.